The highest BCUT2D eigenvalue weighted by Gasteiger charge is 2.16. The summed E-state index contributed by atoms with van der Waals surface area (Å²) in [6, 6.07) is 0.131. The molecule has 0 aliphatic rings. The number of hydrogen-bond donors (Lipinski definition) is 1. The highest BCUT2D eigenvalue weighted by atomic mass is 32.2. The quantitative estimate of drug-likeness (QED) is 0.677. The molecule has 0 aliphatic carbocycles. The Labute approximate surface area is 88.2 Å². The van der Waals surface area contributed by atoms with Crippen molar-refractivity contribution in [1.82, 2.24) is 5.32 Å². The van der Waals surface area contributed by atoms with Crippen LogP contribution in [0.2, 0.25) is 0 Å². The first kappa shape index (κ1) is 13.9. The summed E-state index contributed by atoms with van der Waals surface area (Å²) < 4.78 is 23.0. The molecule has 0 aromatic carbocycles. The Morgan fingerprint density at radius 2 is 1.79 bits per heavy atom. The topological polar surface area (TPSA) is 46.2 Å². The van der Waals surface area contributed by atoms with E-state index in [2.05, 4.69) is 12.2 Å². The molecular weight excluding hydrogens is 198 g/mol. The lowest BCUT2D eigenvalue weighted by Gasteiger charge is -2.16. The lowest BCUT2D eigenvalue weighted by molar-refractivity contribution is 0.519. The van der Waals surface area contributed by atoms with E-state index in [4.69, 9.17) is 0 Å². The maximum atomic E-state index is 11.5. The maximum absolute atomic E-state index is 11.5. The first-order valence-corrected chi connectivity index (χ1v) is 7.31. The van der Waals surface area contributed by atoms with Crippen LogP contribution in [0.25, 0.3) is 0 Å². The third kappa shape index (κ3) is 6.38. The van der Waals surface area contributed by atoms with Gasteiger partial charge in [-0.1, -0.05) is 20.8 Å². The molecule has 0 saturated heterocycles. The van der Waals surface area contributed by atoms with Gasteiger partial charge in [0.25, 0.3) is 0 Å². The van der Waals surface area contributed by atoms with Crippen LogP contribution in [-0.2, 0) is 9.84 Å². The third-order valence-electron chi connectivity index (χ3n) is 2.15. The normalized spacial score (nSPS) is 14.2. The van der Waals surface area contributed by atoms with Crippen molar-refractivity contribution in [2.45, 2.75) is 46.1 Å². The molecule has 0 aromatic rings. The summed E-state index contributed by atoms with van der Waals surface area (Å²) in [5.74, 6) is 0.606. The van der Waals surface area contributed by atoms with Crippen LogP contribution >= 0.6 is 0 Å². The molecule has 1 unspecified atom stereocenters. The van der Waals surface area contributed by atoms with E-state index in [0.29, 0.717) is 12.2 Å². The summed E-state index contributed by atoms with van der Waals surface area (Å²) in [7, 11) is -2.84. The number of rotatable bonds is 8. The van der Waals surface area contributed by atoms with Gasteiger partial charge in [-0.25, -0.2) is 8.42 Å². The van der Waals surface area contributed by atoms with E-state index < -0.39 is 9.84 Å². The van der Waals surface area contributed by atoms with Crippen LogP contribution in [0.15, 0.2) is 0 Å². The summed E-state index contributed by atoms with van der Waals surface area (Å²) in [6.45, 7) is 6.91. The van der Waals surface area contributed by atoms with Crippen LogP contribution in [0.1, 0.15) is 40.0 Å². The molecule has 0 aliphatic heterocycles. The minimum absolute atomic E-state index is 0.131. The second kappa shape index (κ2) is 7.23. The Kier molecular flexibility index (Phi) is 7.19. The zero-order chi connectivity index (χ0) is 11.0. The number of hydrogen-bond acceptors (Lipinski definition) is 3. The molecule has 0 saturated carbocycles. The van der Waals surface area contributed by atoms with Crippen LogP contribution in [0.3, 0.4) is 0 Å². The van der Waals surface area contributed by atoms with E-state index in [1.807, 2.05) is 13.8 Å². The molecule has 4 heteroatoms. The largest absolute Gasteiger partial charge is 0.313 e. The third-order valence-corrected chi connectivity index (χ3v) is 4.09. The molecule has 3 nitrogen and oxygen atoms in total. The minimum atomic E-state index is -2.84. The molecule has 86 valence electrons. The van der Waals surface area contributed by atoms with Gasteiger partial charge in [0.05, 0.1) is 5.75 Å². The standard InChI is InChI=1S/C10H23NO2S/c1-4-7-11-10(6-3)9-14(12,13)8-5-2/h10-11H,4-9H2,1-3H3. The predicted molar refractivity (Wildman–Crippen MR) is 61.3 cm³/mol. The van der Waals surface area contributed by atoms with Gasteiger partial charge in [0.1, 0.15) is 0 Å². The zero-order valence-corrected chi connectivity index (χ0v) is 10.4. The fourth-order valence-corrected chi connectivity index (χ4v) is 3.13. The Morgan fingerprint density at radius 1 is 1.14 bits per heavy atom. The molecule has 0 radical (unpaired) electrons. The van der Waals surface area contributed by atoms with Gasteiger partial charge in [-0.15, -0.1) is 0 Å². The smallest absolute Gasteiger partial charge is 0.151 e. The average molecular weight is 221 g/mol. The summed E-state index contributed by atoms with van der Waals surface area (Å²) in [5, 5.41) is 3.25. The molecule has 0 aromatic heterocycles. The van der Waals surface area contributed by atoms with E-state index in [1.54, 1.807) is 0 Å². The number of sulfone groups is 1. The first-order valence-electron chi connectivity index (χ1n) is 5.49. The second-order valence-corrected chi connectivity index (χ2v) is 5.90. The predicted octanol–water partition coefficient (Wildman–Crippen LogP) is 1.59. The van der Waals surface area contributed by atoms with Crippen molar-refractivity contribution < 1.29 is 8.42 Å². The Morgan fingerprint density at radius 3 is 2.21 bits per heavy atom. The second-order valence-electron chi connectivity index (χ2n) is 3.67. The summed E-state index contributed by atoms with van der Waals surface area (Å²) in [5.41, 5.74) is 0. The molecule has 0 amide bonds. The fraction of sp³-hybridized carbons (Fsp3) is 1.00. The zero-order valence-electron chi connectivity index (χ0n) is 9.54. The van der Waals surface area contributed by atoms with Crippen LogP contribution in [0.5, 0.6) is 0 Å². The van der Waals surface area contributed by atoms with E-state index >= 15 is 0 Å². The molecule has 0 rings (SSSR count). The Balaban J connectivity index is 4.03. The van der Waals surface area contributed by atoms with E-state index in [9.17, 15) is 8.42 Å². The minimum Gasteiger partial charge on any atom is -0.313 e. The lowest BCUT2D eigenvalue weighted by atomic mass is 10.2. The Hall–Kier alpha value is -0.0900. The molecule has 1 N–H and O–H groups in total. The van der Waals surface area contributed by atoms with Gasteiger partial charge in [0, 0.05) is 11.8 Å². The highest BCUT2D eigenvalue weighted by Crippen LogP contribution is 2.01. The van der Waals surface area contributed by atoms with Crippen molar-refractivity contribution in [1.29, 1.82) is 0 Å². The molecule has 0 heterocycles. The summed E-state index contributed by atoms with van der Waals surface area (Å²) in [4.78, 5) is 0. The molecule has 14 heavy (non-hydrogen) atoms. The van der Waals surface area contributed by atoms with Crippen molar-refractivity contribution in [3.05, 3.63) is 0 Å². The Bertz CT molecular complexity index is 224. The van der Waals surface area contributed by atoms with E-state index in [1.165, 1.54) is 0 Å². The van der Waals surface area contributed by atoms with Crippen LogP contribution < -0.4 is 5.32 Å². The fourth-order valence-electron chi connectivity index (χ4n) is 1.37. The van der Waals surface area contributed by atoms with Gasteiger partial charge in [-0.05, 0) is 25.8 Å². The SMILES string of the molecule is CCCNC(CC)CS(=O)(=O)CCC. The lowest BCUT2D eigenvalue weighted by Crippen LogP contribution is -2.36. The van der Waals surface area contributed by atoms with Crippen molar-refractivity contribution in [2.75, 3.05) is 18.1 Å². The van der Waals surface area contributed by atoms with Gasteiger partial charge in [0.2, 0.25) is 0 Å². The molecular formula is C10H23NO2S. The van der Waals surface area contributed by atoms with Crippen molar-refractivity contribution >= 4 is 9.84 Å². The van der Waals surface area contributed by atoms with Crippen LogP contribution in [0.4, 0.5) is 0 Å². The van der Waals surface area contributed by atoms with E-state index in [-0.39, 0.29) is 11.8 Å². The van der Waals surface area contributed by atoms with Gasteiger partial charge in [-0.2, -0.15) is 0 Å². The molecule has 0 bridgehead atoms. The molecule has 0 fully saturated rings. The van der Waals surface area contributed by atoms with Crippen LogP contribution in [-0.4, -0.2) is 32.5 Å². The van der Waals surface area contributed by atoms with Crippen LogP contribution in [0, 0.1) is 0 Å². The number of nitrogens with one attached hydrogen (secondary N) is 1. The van der Waals surface area contributed by atoms with Gasteiger partial charge in [-0.3, -0.25) is 0 Å². The van der Waals surface area contributed by atoms with Crippen molar-refractivity contribution in [2.24, 2.45) is 0 Å². The first-order chi connectivity index (χ1) is 6.55. The van der Waals surface area contributed by atoms with E-state index in [0.717, 1.165) is 19.4 Å². The summed E-state index contributed by atoms with van der Waals surface area (Å²) >= 11 is 0. The summed E-state index contributed by atoms with van der Waals surface area (Å²) in [6.07, 6.45) is 2.64. The van der Waals surface area contributed by atoms with Crippen molar-refractivity contribution in [3.63, 3.8) is 0 Å². The van der Waals surface area contributed by atoms with Gasteiger partial charge < -0.3 is 5.32 Å². The molecule has 1 atom stereocenters. The van der Waals surface area contributed by atoms with Crippen molar-refractivity contribution in [3.8, 4) is 0 Å². The monoisotopic (exact) mass is 221 g/mol. The highest BCUT2D eigenvalue weighted by molar-refractivity contribution is 7.91. The maximum Gasteiger partial charge on any atom is 0.151 e. The van der Waals surface area contributed by atoms with Gasteiger partial charge >= 0.3 is 0 Å². The van der Waals surface area contributed by atoms with Gasteiger partial charge in [0.15, 0.2) is 9.84 Å². The molecule has 0 spiro atoms. The average Bonchev–Trinajstić information content (AvgIpc) is 2.12.